The number of ether oxygens (including phenoxy) is 3. The van der Waals surface area contributed by atoms with Gasteiger partial charge in [0.15, 0.2) is 11.5 Å². The van der Waals surface area contributed by atoms with Gasteiger partial charge in [0.1, 0.15) is 17.7 Å². The molecule has 26 heavy (non-hydrogen) atoms. The average molecular weight is 358 g/mol. The molecule has 7 heteroatoms. The highest BCUT2D eigenvalue weighted by molar-refractivity contribution is 5.57. The van der Waals surface area contributed by atoms with Crippen LogP contribution < -0.4 is 14.2 Å². The number of nitrogens with one attached hydrogen (secondary N) is 1. The summed E-state index contributed by atoms with van der Waals surface area (Å²) in [6.07, 6.45) is 0.437. The fraction of sp³-hybridized carbons (Fsp3) is 0.211. The van der Waals surface area contributed by atoms with Crippen molar-refractivity contribution in [3.63, 3.8) is 0 Å². The zero-order valence-corrected chi connectivity index (χ0v) is 14.6. The Balaban J connectivity index is 1.98. The lowest BCUT2D eigenvalue weighted by Crippen LogP contribution is -2.03. The van der Waals surface area contributed by atoms with Crippen LogP contribution in [-0.2, 0) is 0 Å². The smallest absolute Gasteiger partial charge is 0.203 e. The first-order valence-corrected chi connectivity index (χ1v) is 7.86. The number of aromatic amines is 1. The molecule has 0 amide bonds. The van der Waals surface area contributed by atoms with Crippen molar-refractivity contribution in [3.8, 4) is 28.6 Å². The molecule has 1 unspecified atom stereocenters. The van der Waals surface area contributed by atoms with Crippen LogP contribution in [0.1, 0.15) is 17.4 Å². The van der Waals surface area contributed by atoms with Gasteiger partial charge in [-0.2, -0.15) is 0 Å². The van der Waals surface area contributed by atoms with E-state index in [1.807, 2.05) is 0 Å². The predicted molar refractivity (Wildman–Crippen MR) is 94.1 cm³/mol. The number of methoxy groups -OCH3 is 3. The highest BCUT2D eigenvalue weighted by Crippen LogP contribution is 2.40. The molecule has 3 rings (SSSR count). The van der Waals surface area contributed by atoms with Crippen molar-refractivity contribution in [1.29, 1.82) is 0 Å². The number of hydrogen-bond donors (Lipinski definition) is 2. The van der Waals surface area contributed by atoms with Crippen molar-refractivity contribution in [1.82, 2.24) is 9.97 Å². The Kier molecular flexibility index (Phi) is 5.09. The van der Waals surface area contributed by atoms with Crippen molar-refractivity contribution < 1.29 is 23.7 Å². The minimum Gasteiger partial charge on any atom is -0.493 e. The van der Waals surface area contributed by atoms with Crippen LogP contribution in [0, 0.1) is 5.82 Å². The van der Waals surface area contributed by atoms with Crippen molar-refractivity contribution in [3.05, 3.63) is 59.7 Å². The Labute approximate surface area is 150 Å². The molecule has 0 saturated carbocycles. The predicted octanol–water partition coefficient (Wildman–Crippen LogP) is 3.32. The van der Waals surface area contributed by atoms with E-state index in [4.69, 9.17) is 14.2 Å². The summed E-state index contributed by atoms with van der Waals surface area (Å²) in [6.45, 7) is 0. The van der Waals surface area contributed by atoms with Gasteiger partial charge in [-0.1, -0.05) is 12.1 Å². The molecule has 1 atom stereocenters. The topological polar surface area (TPSA) is 76.6 Å². The maximum absolute atomic E-state index is 13.9. The summed E-state index contributed by atoms with van der Waals surface area (Å²) >= 11 is 0. The number of nitrogens with zero attached hydrogens (tertiary/aromatic N) is 1. The van der Waals surface area contributed by atoms with Gasteiger partial charge in [0.05, 0.1) is 38.8 Å². The summed E-state index contributed by atoms with van der Waals surface area (Å²) in [5, 5.41) is 10.7. The summed E-state index contributed by atoms with van der Waals surface area (Å²) in [5.74, 6) is 1.23. The van der Waals surface area contributed by atoms with Gasteiger partial charge in [0, 0.05) is 0 Å². The fourth-order valence-electron chi connectivity index (χ4n) is 2.70. The summed E-state index contributed by atoms with van der Waals surface area (Å²) in [5.41, 5.74) is 1.26. The van der Waals surface area contributed by atoms with Gasteiger partial charge < -0.3 is 24.3 Å². The van der Waals surface area contributed by atoms with E-state index in [2.05, 4.69) is 9.97 Å². The zero-order valence-electron chi connectivity index (χ0n) is 14.6. The Bertz CT molecular complexity index is 885. The SMILES string of the molecule is COc1cc(C(O)c2cnc(-c3ccccc3F)[nH]2)cc(OC)c1OC. The third kappa shape index (κ3) is 3.21. The molecule has 1 heterocycles. The van der Waals surface area contributed by atoms with Crippen LogP contribution in [-0.4, -0.2) is 36.4 Å². The molecular formula is C19H19FN2O4. The molecule has 6 nitrogen and oxygen atoms in total. The highest BCUT2D eigenvalue weighted by Gasteiger charge is 2.20. The quantitative estimate of drug-likeness (QED) is 0.707. The van der Waals surface area contributed by atoms with Crippen LogP contribution in [0.15, 0.2) is 42.6 Å². The number of aliphatic hydroxyl groups is 1. The number of hydrogen-bond acceptors (Lipinski definition) is 5. The molecule has 0 aliphatic rings. The van der Waals surface area contributed by atoms with E-state index in [0.717, 1.165) is 0 Å². The lowest BCUT2D eigenvalue weighted by Gasteiger charge is -2.16. The molecule has 0 radical (unpaired) electrons. The zero-order chi connectivity index (χ0) is 18.7. The van der Waals surface area contributed by atoms with E-state index in [9.17, 15) is 9.50 Å². The first-order valence-electron chi connectivity index (χ1n) is 7.86. The Morgan fingerprint density at radius 3 is 2.27 bits per heavy atom. The number of aromatic nitrogens is 2. The second-order valence-electron chi connectivity index (χ2n) is 5.53. The third-order valence-corrected chi connectivity index (χ3v) is 4.02. The van der Waals surface area contributed by atoms with Gasteiger partial charge in [-0.05, 0) is 29.8 Å². The van der Waals surface area contributed by atoms with Crippen LogP contribution in [0.2, 0.25) is 0 Å². The molecular weight excluding hydrogens is 339 g/mol. The summed E-state index contributed by atoms with van der Waals surface area (Å²) in [6, 6.07) is 9.59. The summed E-state index contributed by atoms with van der Waals surface area (Å²) in [4.78, 5) is 7.13. The maximum atomic E-state index is 13.9. The molecule has 0 fully saturated rings. The number of benzene rings is 2. The van der Waals surface area contributed by atoms with Crippen LogP contribution in [0.5, 0.6) is 17.2 Å². The van der Waals surface area contributed by atoms with E-state index in [1.165, 1.54) is 33.6 Å². The third-order valence-electron chi connectivity index (χ3n) is 4.02. The normalized spacial score (nSPS) is 11.9. The van der Waals surface area contributed by atoms with E-state index in [0.29, 0.717) is 39.9 Å². The Morgan fingerprint density at radius 2 is 1.69 bits per heavy atom. The Hall–Kier alpha value is -3.06. The van der Waals surface area contributed by atoms with Crippen LogP contribution in [0.3, 0.4) is 0 Å². The van der Waals surface area contributed by atoms with Crippen molar-refractivity contribution in [2.45, 2.75) is 6.10 Å². The number of H-pyrrole nitrogens is 1. The molecule has 0 saturated heterocycles. The van der Waals surface area contributed by atoms with Gasteiger partial charge in [-0.25, -0.2) is 9.37 Å². The second-order valence-corrected chi connectivity index (χ2v) is 5.53. The minimum absolute atomic E-state index is 0.329. The van der Waals surface area contributed by atoms with Crippen LogP contribution in [0.4, 0.5) is 4.39 Å². The van der Waals surface area contributed by atoms with Crippen molar-refractivity contribution in [2.75, 3.05) is 21.3 Å². The summed E-state index contributed by atoms with van der Waals surface area (Å²) < 4.78 is 29.8. The first-order chi connectivity index (χ1) is 12.6. The average Bonchev–Trinajstić information content (AvgIpc) is 3.16. The fourth-order valence-corrected chi connectivity index (χ4v) is 2.70. The molecule has 136 valence electrons. The van der Waals surface area contributed by atoms with Gasteiger partial charge in [-0.3, -0.25) is 0 Å². The van der Waals surface area contributed by atoms with Crippen molar-refractivity contribution in [2.24, 2.45) is 0 Å². The molecule has 0 bridgehead atoms. The van der Waals surface area contributed by atoms with Gasteiger partial charge in [0.2, 0.25) is 5.75 Å². The molecule has 0 aliphatic heterocycles. The number of rotatable bonds is 6. The largest absolute Gasteiger partial charge is 0.493 e. The first kappa shape index (κ1) is 17.8. The van der Waals surface area contributed by atoms with Crippen LogP contribution >= 0.6 is 0 Å². The lowest BCUT2D eigenvalue weighted by atomic mass is 10.1. The van der Waals surface area contributed by atoms with Crippen LogP contribution in [0.25, 0.3) is 11.4 Å². The van der Waals surface area contributed by atoms with E-state index < -0.39 is 11.9 Å². The monoisotopic (exact) mass is 358 g/mol. The standard InChI is InChI=1S/C19H19FN2O4/c1-24-15-8-11(9-16(25-2)18(15)26-3)17(23)14-10-21-19(22-14)12-6-4-5-7-13(12)20/h4-10,17,23H,1-3H3,(H,21,22). The van der Waals surface area contributed by atoms with Gasteiger partial charge in [0.25, 0.3) is 0 Å². The van der Waals surface area contributed by atoms with Crippen molar-refractivity contribution >= 4 is 0 Å². The minimum atomic E-state index is -1.03. The van der Waals surface area contributed by atoms with Gasteiger partial charge >= 0.3 is 0 Å². The number of halogens is 1. The molecule has 0 aliphatic carbocycles. The molecule has 2 aromatic carbocycles. The maximum Gasteiger partial charge on any atom is 0.203 e. The highest BCUT2D eigenvalue weighted by atomic mass is 19.1. The molecule has 1 aromatic heterocycles. The van der Waals surface area contributed by atoms with E-state index in [1.54, 1.807) is 30.3 Å². The van der Waals surface area contributed by atoms with E-state index in [-0.39, 0.29) is 0 Å². The Morgan fingerprint density at radius 1 is 1.04 bits per heavy atom. The second kappa shape index (κ2) is 7.45. The van der Waals surface area contributed by atoms with Gasteiger partial charge in [-0.15, -0.1) is 0 Å². The molecule has 3 aromatic rings. The number of aliphatic hydroxyl groups excluding tert-OH is 1. The molecule has 2 N–H and O–H groups in total. The van der Waals surface area contributed by atoms with E-state index >= 15 is 0 Å². The molecule has 0 spiro atoms. The number of imidazole rings is 1. The summed E-state index contributed by atoms with van der Waals surface area (Å²) in [7, 11) is 4.51. The lowest BCUT2D eigenvalue weighted by molar-refractivity contribution is 0.214.